The summed E-state index contributed by atoms with van der Waals surface area (Å²) in [5.41, 5.74) is 1.63. The molecule has 0 aliphatic carbocycles. The fourth-order valence-corrected chi connectivity index (χ4v) is 2.82. The molecule has 6 heteroatoms. The molecule has 3 aromatic carbocycles. The van der Waals surface area contributed by atoms with Crippen molar-refractivity contribution in [3.63, 3.8) is 0 Å². The summed E-state index contributed by atoms with van der Waals surface area (Å²) in [6, 6.07) is 18.8. The maximum atomic E-state index is 12.4. The summed E-state index contributed by atoms with van der Waals surface area (Å²) in [4.78, 5) is 16.7. The van der Waals surface area contributed by atoms with Crippen LogP contribution in [-0.2, 0) is 0 Å². The highest BCUT2D eigenvalue weighted by Crippen LogP contribution is 2.25. The average Bonchev–Trinajstić information content (AvgIpc) is 2.80. The summed E-state index contributed by atoms with van der Waals surface area (Å²) >= 11 is 0. The van der Waals surface area contributed by atoms with E-state index in [-0.39, 0.29) is 11.5 Å². The van der Waals surface area contributed by atoms with E-state index in [2.05, 4.69) is 11.9 Å². The van der Waals surface area contributed by atoms with Gasteiger partial charge in [0.15, 0.2) is 0 Å². The predicted octanol–water partition coefficient (Wildman–Crippen LogP) is 5.94. The highest BCUT2D eigenvalue weighted by Gasteiger charge is 2.10. The van der Waals surface area contributed by atoms with Crippen LogP contribution in [0.25, 0.3) is 0 Å². The number of hydrogen-bond acceptors (Lipinski definition) is 6. The van der Waals surface area contributed by atoms with E-state index < -0.39 is 5.97 Å². The van der Waals surface area contributed by atoms with E-state index in [0.29, 0.717) is 30.1 Å². The molecule has 0 fully saturated rings. The Morgan fingerprint density at radius 2 is 1.56 bits per heavy atom. The summed E-state index contributed by atoms with van der Waals surface area (Å²) in [5, 5.41) is 10.3. The summed E-state index contributed by atoms with van der Waals surface area (Å²) in [6.07, 6.45) is 3.59. The zero-order valence-corrected chi connectivity index (χ0v) is 18.3. The summed E-state index contributed by atoms with van der Waals surface area (Å²) in [7, 11) is 0. The summed E-state index contributed by atoms with van der Waals surface area (Å²) in [5.74, 6) is 1.18. The van der Waals surface area contributed by atoms with E-state index in [4.69, 9.17) is 14.2 Å². The molecule has 0 bridgehead atoms. The van der Waals surface area contributed by atoms with Crippen LogP contribution in [0.5, 0.6) is 23.0 Å². The zero-order chi connectivity index (χ0) is 22.8. The van der Waals surface area contributed by atoms with Crippen molar-refractivity contribution in [2.24, 2.45) is 4.99 Å². The Kier molecular flexibility index (Phi) is 8.26. The molecule has 0 saturated heterocycles. The fourth-order valence-electron chi connectivity index (χ4n) is 2.82. The van der Waals surface area contributed by atoms with Crippen molar-refractivity contribution < 1.29 is 24.1 Å². The number of unbranched alkanes of at least 4 members (excludes halogenated alkanes) is 1. The van der Waals surface area contributed by atoms with Crippen molar-refractivity contribution in [1.29, 1.82) is 0 Å². The molecular formula is C26H27NO5. The number of carbonyl (C=O) groups is 1. The van der Waals surface area contributed by atoms with Crippen molar-refractivity contribution >= 4 is 17.9 Å². The molecule has 6 nitrogen and oxygen atoms in total. The molecule has 3 rings (SSSR count). The topological polar surface area (TPSA) is 77.4 Å². The molecule has 0 saturated carbocycles. The zero-order valence-electron chi connectivity index (χ0n) is 18.3. The Hall–Kier alpha value is -3.80. The van der Waals surface area contributed by atoms with E-state index in [0.717, 1.165) is 24.3 Å². The summed E-state index contributed by atoms with van der Waals surface area (Å²) < 4.78 is 16.4. The lowest BCUT2D eigenvalue weighted by Gasteiger charge is -2.08. The summed E-state index contributed by atoms with van der Waals surface area (Å²) in [6.45, 7) is 5.28. The van der Waals surface area contributed by atoms with Gasteiger partial charge in [0, 0.05) is 17.8 Å². The molecule has 0 radical (unpaired) electrons. The van der Waals surface area contributed by atoms with Gasteiger partial charge in [-0.25, -0.2) is 4.79 Å². The lowest BCUT2D eigenvalue weighted by Crippen LogP contribution is -2.08. The van der Waals surface area contributed by atoms with Crippen molar-refractivity contribution in [3.05, 3.63) is 77.9 Å². The fraction of sp³-hybridized carbons (Fsp3) is 0.231. The molecule has 0 aliphatic heterocycles. The molecule has 0 unspecified atom stereocenters. The maximum absolute atomic E-state index is 12.4. The van der Waals surface area contributed by atoms with E-state index in [1.54, 1.807) is 42.6 Å². The molecule has 0 aromatic heterocycles. The SMILES string of the molecule is CCCCOc1ccc(C(=O)Oc2ccc(C=Nc3ccc(OCC)cc3)c(O)c2)cc1. The first kappa shape index (κ1) is 22.9. The quantitative estimate of drug-likeness (QED) is 0.185. The smallest absolute Gasteiger partial charge is 0.343 e. The Bertz CT molecular complexity index is 1040. The second kappa shape index (κ2) is 11.6. The standard InChI is InChI=1S/C26H27NO5/c1-3-5-16-31-23-11-6-19(7-12-23)26(29)32-24-13-8-20(25(28)17-24)18-27-21-9-14-22(15-10-21)30-4-2/h6-15,17-18,28H,3-5,16H2,1-2H3. The highest BCUT2D eigenvalue weighted by molar-refractivity contribution is 5.91. The lowest BCUT2D eigenvalue weighted by atomic mass is 10.2. The number of aliphatic imine (C=N–C) groups is 1. The molecule has 0 spiro atoms. The largest absolute Gasteiger partial charge is 0.507 e. The number of hydrogen-bond donors (Lipinski definition) is 1. The number of phenolic OH excluding ortho intramolecular Hbond substituents is 1. The van der Waals surface area contributed by atoms with Crippen molar-refractivity contribution in [1.82, 2.24) is 0 Å². The predicted molar refractivity (Wildman–Crippen MR) is 125 cm³/mol. The van der Waals surface area contributed by atoms with Gasteiger partial charge >= 0.3 is 5.97 Å². The average molecular weight is 434 g/mol. The van der Waals surface area contributed by atoms with Gasteiger partial charge in [-0.3, -0.25) is 4.99 Å². The van der Waals surface area contributed by atoms with Crippen LogP contribution in [-0.4, -0.2) is 30.5 Å². The third kappa shape index (κ3) is 6.60. The molecule has 0 atom stereocenters. The van der Waals surface area contributed by atoms with E-state index in [1.807, 2.05) is 31.2 Å². The lowest BCUT2D eigenvalue weighted by molar-refractivity contribution is 0.0734. The van der Waals surface area contributed by atoms with Crippen LogP contribution < -0.4 is 14.2 Å². The number of benzene rings is 3. The first-order chi connectivity index (χ1) is 15.6. The van der Waals surface area contributed by atoms with Gasteiger partial charge in [0.05, 0.1) is 24.5 Å². The third-order valence-electron chi connectivity index (χ3n) is 4.57. The van der Waals surface area contributed by atoms with Crippen LogP contribution >= 0.6 is 0 Å². The molecule has 1 N–H and O–H groups in total. The minimum atomic E-state index is -0.514. The highest BCUT2D eigenvalue weighted by atomic mass is 16.5. The number of rotatable bonds is 10. The molecule has 0 heterocycles. The van der Waals surface area contributed by atoms with E-state index in [9.17, 15) is 9.90 Å². The van der Waals surface area contributed by atoms with Crippen LogP contribution in [0.1, 0.15) is 42.6 Å². The van der Waals surface area contributed by atoms with E-state index in [1.165, 1.54) is 6.07 Å². The van der Waals surface area contributed by atoms with Gasteiger partial charge in [-0.15, -0.1) is 0 Å². The Morgan fingerprint density at radius 1 is 0.906 bits per heavy atom. The van der Waals surface area contributed by atoms with Crippen molar-refractivity contribution in [2.45, 2.75) is 26.7 Å². The Balaban J connectivity index is 1.60. The van der Waals surface area contributed by atoms with E-state index >= 15 is 0 Å². The molecule has 0 amide bonds. The van der Waals surface area contributed by atoms with Gasteiger partial charge < -0.3 is 19.3 Å². The number of phenols is 1. The first-order valence-corrected chi connectivity index (χ1v) is 10.6. The van der Waals surface area contributed by atoms with Crippen molar-refractivity contribution in [3.8, 4) is 23.0 Å². The second-order valence-electron chi connectivity index (χ2n) is 7.02. The number of esters is 1. The van der Waals surface area contributed by atoms with Gasteiger partial charge in [0.2, 0.25) is 0 Å². The van der Waals surface area contributed by atoms with Crippen LogP contribution in [0.15, 0.2) is 71.7 Å². The van der Waals surface area contributed by atoms with Crippen LogP contribution in [0.2, 0.25) is 0 Å². The molecule has 3 aromatic rings. The molecule has 0 aliphatic rings. The Labute approximate surface area is 188 Å². The third-order valence-corrected chi connectivity index (χ3v) is 4.57. The van der Waals surface area contributed by atoms with Crippen molar-refractivity contribution in [2.75, 3.05) is 13.2 Å². The van der Waals surface area contributed by atoms with Crippen LogP contribution in [0.3, 0.4) is 0 Å². The second-order valence-corrected chi connectivity index (χ2v) is 7.02. The first-order valence-electron chi connectivity index (χ1n) is 10.6. The number of ether oxygens (including phenoxy) is 3. The minimum Gasteiger partial charge on any atom is -0.507 e. The normalized spacial score (nSPS) is 10.8. The molecule has 166 valence electrons. The number of nitrogens with zero attached hydrogens (tertiary/aromatic N) is 1. The number of carbonyl (C=O) groups excluding carboxylic acids is 1. The van der Waals surface area contributed by atoms with Gasteiger partial charge in [-0.1, -0.05) is 13.3 Å². The van der Waals surface area contributed by atoms with Gasteiger partial charge in [-0.05, 0) is 74.0 Å². The molecule has 32 heavy (non-hydrogen) atoms. The van der Waals surface area contributed by atoms with Crippen LogP contribution in [0.4, 0.5) is 5.69 Å². The van der Waals surface area contributed by atoms with Gasteiger partial charge in [-0.2, -0.15) is 0 Å². The number of aromatic hydroxyl groups is 1. The monoisotopic (exact) mass is 433 g/mol. The Morgan fingerprint density at radius 3 is 2.22 bits per heavy atom. The maximum Gasteiger partial charge on any atom is 0.343 e. The van der Waals surface area contributed by atoms with Gasteiger partial charge in [0.1, 0.15) is 23.0 Å². The van der Waals surface area contributed by atoms with Crippen LogP contribution in [0, 0.1) is 0 Å². The van der Waals surface area contributed by atoms with Gasteiger partial charge in [0.25, 0.3) is 0 Å². The molecular weight excluding hydrogens is 406 g/mol. The minimum absolute atomic E-state index is 0.0374.